The lowest BCUT2D eigenvalue weighted by molar-refractivity contribution is 0.122. The molecule has 7 heteroatoms. The second kappa shape index (κ2) is 7.23. The van der Waals surface area contributed by atoms with E-state index < -0.39 is 0 Å². The van der Waals surface area contributed by atoms with Gasteiger partial charge in [-0.3, -0.25) is 0 Å². The first kappa shape index (κ1) is 14.8. The summed E-state index contributed by atoms with van der Waals surface area (Å²) in [6, 6.07) is 0. The highest BCUT2D eigenvalue weighted by Gasteiger charge is 2.17. The molecule has 1 aliphatic rings. The molecule has 0 atom stereocenters. The van der Waals surface area contributed by atoms with Crippen LogP contribution in [0.3, 0.4) is 0 Å². The molecule has 1 saturated heterocycles. The molecule has 112 valence electrons. The van der Waals surface area contributed by atoms with Crippen molar-refractivity contribution in [2.75, 3.05) is 55.4 Å². The highest BCUT2D eigenvalue weighted by atomic mass is 16.5. The maximum absolute atomic E-state index is 5.81. The Hall–Kier alpha value is -1.63. The van der Waals surface area contributed by atoms with Gasteiger partial charge in [0.05, 0.1) is 13.2 Å². The smallest absolute Gasteiger partial charge is 0.232 e. The maximum Gasteiger partial charge on any atom is 0.232 e. The van der Waals surface area contributed by atoms with Crippen molar-refractivity contribution in [3.8, 4) is 0 Å². The molecule has 0 amide bonds. The van der Waals surface area contributed by atoms with Gasteiger partial charge in [-0.15, -0.1) is 0 Å². The second-order valence-electron chi connectivity index (χ2n) is 5.02. The summed E-state index contributed by atoms with van der Waals surface area (Å²) in [5.41, 5.74) is 5.81. The number of hydrogen-bond acceptors (Lipinski definition) is 7. The quantitative estimate of drug-likeness (QED) is 0.776. The zero-order valence-corrected chi connectivity index (χ0v) is 12.4. The molecule has 0 aliphatic carbocycles. The summed E-state index contributed by atoms with van der Waals surface area (Å²) in [4.78, 5) is 17.1. The van der Waals surface area contributed by atoms with Gasteiger partial charge in [0.2, 0.25) is 17.8 Å². The van der Waals surface area contributed by atoms with E-state index in [1.54, 1.807) is 0 Å². The van der Waals surface area contributed by atoms with Crippen molar-refractivity contribution in [3.05, 3.63) is 0 Å². The van der Waals surface area contributed by atoms with Crippen molar-refractivity contribution in [2.45, 2.75) is 26.2 Å². The Morgan fingerprint density at radius 2 is 1.95 bits per heavy atom. The third-order valence-electron chi connectivity index (χ3n) is 3.36. The van der Waals surface area contributed by atoms with Crippen LogP contribution in [0.5, 0.6) is 0 Å². The average molecular weight is 280 g/mol. The monoisotopic (exact) mass is 280 g/mol. The third-order valence-corrected chi connectivity index (χ3v) is 3.36. The molecule has 0 saturated carbocycles. The average Bonchev–Trinajstić information content (AvgIpc) is 2.47. The van der Waals surface area contributed by atoms with E-state index >= 15 is 0 Å². The first-order chi connectivity index (χ1) is 9.70. The number of nitrogens with two attached hydrogens (primary N) is 1. The standard InChI is InChI=1S/C13H24N6O/c1-3-4-5-6-18(2)12-15-11(14)16-13(17-12)19-7-9-20-10-8-19/h3-10H2,1-2H3,(H2,14,15,16,17). The van der Waals surface area contributed by atoms with Gasteiger partial charge in [-0.2, -0.15) is 15.0 Å². The summed E-state index contributed by atoms with van der Waals surface area (Å²) < 4.78 is 5.34. The Labute approximate surface area is 120 Å². The fraction of sp³-hybridized carbons (Fsp3) is 0.769. The van der Waals surface area contributed by atoms with Crippen molar-refractivity contribution in [3.63, 3.8) is 0 Å². The van der Waals surface area contributed by atoms with E-state index in [1.165, 1.54) is 12.8 Å². The van der Waals surface area contributed by atoms with Crippen molar-refractivity contribution < 1.29 is 4.74 Å². The third kappa shape index (κ3) is 3.93. The number of aromatic nitrogens is 3. The van der Waals surface area contributed by atoms with Gasteiger partial charge in [-0.1, -0.05) is 19.8 Å². The number of nitrogen functional groups attached to an aromatic ring is 1. The number of morpholine rings is 1. The highest BCUT2D eigenvalue weighted by Crippen LogP contribution is 2.16. The lowest BCUT2D eigenvalue weighted by Gasteiger charge is -2.27. The Kier molecular flexibility index (Phi) is 5.34. The van der Waals surface area contributed by atoms with E-state index in [0.29, 0.717) is 25.1 Å². The minimum atomic E-state index is 0.277. The molecule has 0 bridgehead atoms. The first-order valence-corrected chi connectivity index (χ1v) is 7.26. The Morgan fingerprint density at radius 1 is 1.20 bits per heavy atom. The van der Waals surface area contributed by atoms with Crippen molar-refractivity contribution >= 4 is 17.8 Å². The zero-order valence-electron chi connectivity index (χ0n) is 12.4. The Balaban J connectivity index is 2.07. The van der Waals surface area contributed by atoms with Crippen LogP contribution in [0.4, 0.5) is 17.8 Å². The van der Waals surface area contributed by atoms with Gasteiger partial charge < -0.3 is 20.3 Å². The molecule has 1 aromatic rings. The molecule has 1 aliphatic heterocycles. The summed E-state index contributed by atoms with van der Waals surface area (Å²) in [6.07, 6.45) is 3.54. The van der Waals surface area contributed by atoms with Crippen molar-refractivity contribution in [2.24, 2.45) is 0 Å². The number of nitrogens with zero attached hydrogens (tertiary/aromatic N) is 5. The lowest BCUT2D eigenvalue weighted by atomic mass is 10.2. The van der Waals surface area contributed by atoms with Crippen LogP contribution in [0.25, 0.3) is 0 Å². The molecular formula is C13H24N6O. The summed E-state index contributed by atoms with van der Waals surface area (Å²) >= 11 is 0. The maximum atomic E-state index is 5.81. The Bertz CT molecular complexity index is 421. The van der Waals surface area contributed by atoms with Crippen LogP contribution in [-0.4, -0.2) is 54.8 Å². The van der Waals surface area contributed by atoms with Gasteiger partial charge >= 0.3 is 0 Å². The molecule has 0 unspecified atom stereocenters. The molecular weight excluding hydrogens is 256 g/mol. The minimum Gasteiger partial charge on any atom is -0.378 e. The van der Waals surface area contributed by atoms with Crippen LogP contribution in [0.2, 0.25) is 0 Å². The van der Waals surface area contributed by atoms with Gasteiger partial charge in [-0.25, -0.2) is 0 Å². The van der Waals surface area contributed by atoms with Crippen LogP contribution in [0, 0.1) is 0 Å². The van der Waals surface area contributed by atoms with Gasteiger partial charge in [0, 0.05) is 26.7 Å². The number of hydrogen-bond donors (Lipinski definition) is 1. The molecule has 2 N–H and O–H groups in total. The predicted molar refractivity (Wildman–Crippen MR) is 80.1 cm³/mol. The van der Waals surface area contributed by atoms with Crippen LogP contribution in [0.15, 0.2) is 0 Å². The normalized spacial score (nSPS) is 15.4. The molecule has 1 fully saturated rings. The van der Waals surface area contributed by atoms with E-state index in [-0.39, 0.29) is 5.95 Å². The van der Waals surface area contributed by atoms with Crippen LogP contribution >= 0.6 is 0 Å². The summed E-state index contributed by atoms with van der Waals surface area (Å²) in [5.74, 6) is 1.58. The van der Waals surface area contributed by atoms with E-state index in [1.807, 2.05) is 11.9 Å². The zero-order chi connectivity index (χ0) is 14.4. The minimum absolute atomic E-state index is 0.277. The molecule has 1 aromatic heterocycles. The second-order valence-corrected chi connectivity index (χ2v) is 5.02. The lowest BCUT2D eigenvalue weighted by Crippen LogP contribution is -2.38. The fourth-order valence-corrected chi connectivity index (χ4v) is 2.14. The summed E-state index contributed by atoms with van der Waals surface area (Å²) in [7, 11) is 1.99. The van der Waals surface area contributed by atoms with E-state index in [9.17, 15) is 0 Å². The predicted octanol–water partition coefficient (Wildman–Crippen LogP) is 0.917. The molecule has 0 radical (unpaired) electrons. The van der Waals surface area contributed by atoms with Crippen LogP contribution in [0.1, 0.15) is 26.2 Å². The summed E-state index contributed by atoms with van der Waals surface area (Å²) in [5, 5.41) is 0. The topological polar surface area (TPSA) is 80.4 Å². The number of rotatable bonds is 6. The van der Waals surface area contributed by atoms with E-state index in [0.717, 1.165) is 26.1 Å². The fourth-order valence-electron chi connectivity index (χ4n) is 2.14. The molecule has 0 spiro atoms. The number of unbranched alkanes of at least 4 members (excludes halogenated alkanes) is 2. The van der Waals surface area contributed by atoms with Crippen molar-refractivity contribution in [1.29, 1.82) is 0 Å². The van der Waals surface area contributed by atoms with Gasteiger partial charge in [-0.05, 0) is 6.42 Å². The largest absolute Gasteiger partial charge is 0.378 e. The van der Waals surface area contributed by atoms with Crippen LogP contribution in [-0.2, 0) is 4.74 Å². The molecule has 20 heavy (non-hydrogen) atoms. The van der Waals surface area contributed by atoms with E-state index in [4.69, 9.17) is 10.5 Å². The first-order valence-electron chi connectivity index (χ1n) is 7.26. The highest BCUT2D eigenvalue weighted by molar-refractivity contribution is 5.43. The number of anilines is 3. The number of ether oxygens (including phenoxy) is 1. The molecule has 0 aromatic carbocycles. The SMILES string of the molecule is CCCCCN(C)c1nc(N)nc(N2CCOCC2)n1. The molecule has 7 nitrogen and oxygen atoms in total. The van der Waals surface area contributed by atoms with Gasteiger partial charge in [0.15, 0.2) is 0 Å². The van der Waals surface area contributed by atoms with Gasteiger partial charge in [0.25, 0.3) is 0 Å². The Morgan fingerprint density at radius 3 is 2.65 bits per heavy atom. The summed E-state index contributed by atoms with van der Waals surface area (Å²) in [6.45, 7) is 6.11. The van der Waals surface area contributed by atoms with E-state index in [2.05, 4.69) is 26.8 Å². The molecule has 2 rings (SSSR count). The molecule has 2 heterocycles. The van der Waals surface area contributed by atoms with Gasteiger partial charge in [0.1, 0.15) is 0 Å². The van der Waals surface area contributed by atoms with Crippen LogP contribution < -0.4 is 15.5 Å². The van der Waals surface area contributed by atoms with Crippen molar-refractivity contribution in [1.82, 2.24) is 15.0 Å².